The summed E-state index contributed by atoms with van der Waals surface area (Å²) in [6, 6.07) is 71.1. The van der Waals surface area contributed by atoms with Crippen molar-refractivity contribution in [3.8, 4) is 51.4 Å². The predicted octanol–water partition coefficient (Wildman–Crippen LogP) is 11.6. The minimum Gasteiger partial charge on any atom is -0.458 e. The van der Waals surface area contributed by atoms with Crippen LogP contribution in [0.4, 0.5) is 0 Å². The van der Waals surface area contributed by atoms with E-state index in [0.29, 0.717) is 0 Å². The number of aromatic nitrogens is 4. The molecular formula is C55H33BN4O2. The van der Waals surface area contributed by atoms with Gasteiger partial charge in [0.25, 0.3) is 6.71 Å². The molecule has 0 bridgehead atoms. The largest absolute Gasteiger partial charge is 0.458 e. The van der Waals surface area contributed by atoms with Crippen molar-refractivity contribution in [1.82, 2.24) is 18.7 Å². The lowest BCUT2D eigenvalue weighted by atomic mass is 9.35. The van der Waals surface area contributed by atoms with Gasteiger partial charge in [-0.2, -0.15) is 0 Å². The number of rotatable bonds is 4. The standard InChI is InChI=1S/C55H33BN4O2/c1-2-14-35(15-3-1)58-47-28-26-36(59-45-21-9-4-16-38(45)39-17-5-10-22-46(39)59)32-40(47)41-33-37(27-29-48(41)58)60-49-23-11-8-20-44(49)57-55(60)34-30-52-54-53(31-34)62-51-25-13-7-19-43(51)56(54)42-18-6-12-24-50(42)61-52/h1-33H. The van der Waals surface area contributed by atoms with Crippen LogP contribution in [-0.4, -0.2) is 25.4 Å². The van der Waals surface area contributed by atoms with Crippen LogP contribution >= 0.6 is 0 Å². The lowest BCUT2D eigenvalue weighted by Crippen LogP contribution is -2.57. The maximum atomic E-state index is 6.75. The Labute approximate surface area is 356 Å². The topological polar surface area (TPSA) is 46.1 Å². The molecule has 0 unspecified atom stereocenters. The number of fused-ring (bicyclic) bond motifs is 11. The average molecular weight is 793 g/mol. The summed E-state index contributed by atoms with van der Waals surface area (Å²) in [6.07, 6.45) is 0. The van der Waals surface area contributed by atoms with Crippen LogP contribution < -0.4 is 25.9 Å². The zero-order chi connectivity index (χ0) is 40.5. The summed E-state index contributed by atoms with van der Waals surface area (Å²) in [4.78, 5) is 5.35. The van der Waals surface area contributed by atoms with Gasteiger partial charge >= 0.3 is 0 Å². The molecule has 0 fully saturated rings. The SMILES string of the molecule is c1ccc(-n2c3ccc(-n4c(-c5cc6c7c(c5)Oc5ccccc5B7c5ccccc5O6)nc5ccccc54)cc3c3cc(-n4c5ccccc5c5ccccc54)ccc32)cc1. The lowest BCUT2D eigenvalue weighted by Gasteiger charge is -2.33. The summed E-state index contributed by atoms with van der Waals surface area (Å²) in [5.41, 5.74) is 14.0. The Bertz CT molecular complexity index is 3720. The number of ether oxygens (including phenoxy) is 2. The molecule has 288 valence electrons. The molecule has 0 radical (unpaired) electrons. The van der Waals surface area contributed by atoms with E-state index in [9.17, 15) is 0 Å². The highest BCUT2D eigenvalue weighted by Crippen LogP contribution is 2.42. The van der Waals surface area contributed by atoms with E-state index in [1.807, 2.05) is 12.1 Å². The van der Waals surface area contributed by atoms with Crippen LogP contribution in [-0.2, 0) is 0 Å². The van der Waals surface area contributed by atoms with E-state index >= 15 is 0 Å². The third-order valence-electron chi connectivity index (χ3n) is 13.0. The fourth-order valence-corrected chi connectivity index (χ4v) is 10.3. The van der Waals surface area contributed by atoms with Crippen LogP contribution in [0.25, 0.3) is 83.1 Å². The molecule has 3 aromatic heterocycles. The molecule has 2 aliphatic heterocycles. The third kappa shape index (κ3) is 4.67. The quantitative estimate of drug-likeness (QED) is 0.167. The molecule has 6 nitrogen and oxygen atoms in total. The second kappa shape index (κ2) is 12.6. The Morgan fingerprint density at radius 3 is 1.47 bits per heavy atom. The molecule has 12 aromatic rings. The third-order valence-corrected chi connectivity index (χ3v) is 13.0. The van der Waals surface area contributed by atoms with Crippen molar-refractivity contribution >= 4 is 77.7 Å². The monoisotopic (exact) mass is 792 g/mol. The van der Waals surface area contributed by atoms with Gasteiger partial charge in [-0.1, -0.05) is 103 Å². The van der Waals surface area contributed by atoms with Crippen LogP contribution in [0.5, 0.6) is 23.0 Å². The Hall–Kier alpha value is -8.29. The smallest absolute Gasteiger partial charge is 0.260 e. The van der Waals surface area contributed by atoms with Gasteiger partial charge in [0, 0.05) is 49.6 Å². The Kier molecular flexibility index (Phi) is 6.82. The van der Waals surface area contributed by atoms with Crippen LogP contribution in [0, 0.1) is 0 Å². The van der Waals surface area contributed by atoms with Gasteiger partial charge in [0.05, 0.1) is 33.1 Å². The van der Waals surface area contributed by atoms with E-state index in [-0.39, 0.29) is 6.71 Å². The molecule has 0 amide bonds. The second-order valence-electron chi connectivity index (χ2n) is 16.3. The first-order chi connectivity index (χ1) is 30.7. The highest BCUT2D eigenvalue weighted by Gasteiger charge is 2.40. The van der Waals surface area contributed by atoms with Crippen LogP contribution in [0.1, 0.15) is 0 Å². The number of hydrogen-bond donors (Lipinski definition) is 0. The Balaban J connectivity index is 1.01. The molecule has 62 heavy (non-hydrogen) atoms. The van der Waals surface area contributed by atoms with Gasteiger partial charge in [0.1, 0.15) is 28.8 Å². The zero-order valence-corrected chi connectivity index (χ0v) is 33.2. The Morgan fingerprint density at radius 2 is 0.839 bits per heavy atom. The van der Waals surface area contributed by atoms with Gasteiger partial charge in [-0.25, -0.2) is 4.98 Å². The highest BCUT2D eigenvalue weighted by molar-refractivity contribution is 6.98. The molecule has 0 saturated heterocycles. The summed E-state index contributed by atoms with van der Waals surface area (Å²) in [6.45, 7) is -0.000448. The van der Waals surface area contributed by atoms with E-state index in [2.05, 4.69) is 202 Å². The molecule has 5 heterocycles. The van der Waals surface area contributed by atoms with E-state index in [1.54, 1.807) is 0 Å². The number of imidazole rings is 1. The molecule has 7 heteroatoms. The molecular weight excluding hydrogens is 759 g/mol. The van der Waals surface area contributed by atoms with Gasteiger partial charge in [0.2, 0.25) is 0 Å². The molecule has 9 aromatic carbocycles. The van der Waals surface area contributed by atoms with Gasteiger partial charge < -0.3 is 18.6 Å². The number of benzene rings is 9. The average Bonchev–Trinajstić information content (AvgIpc) is 3.99. The fourth-order valence-electron chi connectivity index (χ4n) is 10.3. The first-order valence-electron chi connectivity index (χ1n) is 21.1. The molecule has 0 spiro atoms. The first-order valence-corrected chi connectivity index (χ1v) is 21.1. The molecule has 14 rings (SSSR count). The van der Waals surface area contributed by atoms with Crippen molar-refractivity contribution in [2.45, 2.75) is 0 Å². The second-order valence-corrected chi connectivity index (χ2v) is 16.3. The summed E-state index contributed by atoms with van der Waals surface area (Å²) in [5, 5.41) is 4.80. The number of hydrogen-bond acceptors (Lipinski definition) is 3. The van der Waals surface area contributed by atoms with E-state index in [1.165, 1.54) is 27.2 Å². The fraction of sp³-hybridized carbons (Fsp3) is 0. The number of para-hydroxylation sites is 7. The lowest BCUT2D eigenvalue weighted by molar-refractivity contribution is 0.465. The van der Waals surface area contributed by atoms with Gasteiger partial charge in [0.15, 0.2) is 0 Å². The van der Waals surface area contributed by atoms with Crippen molar-refractivity contribution in [3.05, 3.63) is 200 Å². The normalized spacial score (nSPS) is 12.7. The summed E-state index contributed by atoms with van der Waals surface area (Å²) in [7, 11) is 0. The van der Waals surface area contributed by atoms with Crippen LogP contribution in [0.3, 0.4) is 0 Å². The van der Waals surface area contributed by atoms with Crippen molar-refractivity contribution in [1.29, 1.82) is 0 Å². The molecule has 2 aliphatic rings. The van der Waals surface area contributed by atoms with Crippen molar-refractivity contribution in [2.75, 3.05) is 0 Å². The summed E-state index contributed by atoms with van der Waals surface area (Å²) in [5.74, 6) is 4.10. The minimum absolute atomic E-state index is 0.000448. The zero-order valence-electron chi connectivity index (χ0n) is 33.2. The van der Waals surface area contributed by atoms with Crippen LogP contribution in [0.2, 0.25) is 0 Å². The van der Waals surface area contributed by atoms with E-state index in [4.69, 9.17) is 14.5 Å². The van der Waals surface area contributed by atoms with Crippen LogP contribution in [0.15, 0.2) is 200 Å². The van der Waals surface area contributed by atoms with Gasteiger partial charge in [-0.05, 0) is 108 Å². The minimum atomic E-state index is -0.000448. The molecule has 0 saturated carbocycles. The summed E-state index contributed by atoms with van der Waals surface area (Å²) >= 11 is 0. The highest BCUT2D eigenvalue weighted by atomic mass is 16.5. The van der Waals surface area contributed by atoms with Crippen molar-refractivity contribution in [2.24, 2.45) is 0 Å². The molecule has 0 aliphatic carbocycles. The predicted molar refractivity (Wildman–Crippen MR) is 253 cm³/mol. The maximum Gasteiger partial charge on any atom is 0.260 e. The van der Waals surface area contributed by atoms with E-state index in [0.717, 1.165) is 95.3 Å². The van der Waals surface area contributed by atoms with Crippen molar-refractivity contribution in [3.63, 3.8) is 0 Å². The van der Waals surface area contributed by atoms with Gasteiger partial charge in [-0.15, -0.1) is 0 Å². The Morgan fingerprint density at radius 1 is 0.355 bits per heavy atom. The van der Waals surface area contributed by atoms with Gasteiger partial charge in [-0.3, -0.25) is 4.57 Å². The maximum absolute atomic E-state index is 6.75. The molecule has 0 atom stereocenters. The van der Waals surface area contributed by atoms with E-state index < -0.39 is 0 Å². The molecule has 0 N–H and O–H groups in total. The first kappa shape index (κ1) is 33.5. The summed E-state index contributed by atoms with van der Waals surface area (Å²) < 4.78 is 20.6. The number of nitrogens with zero attached hydrogens (tertiary/aromatic N) is 4. The van der Waals surface area contributed by atoms with Crippen molar-refractivity contribution < 1.29 is 9.47 Å².